The zero-order valence-corrected chi connectivity index (χ0v) is 27.4. The van der Waals surface area contributed by atoms with Gasteiger partial charge in [0, 0.05) is 39.7 Å². The zero-order chi connectivity index (χ0) is 33.0. The SMILES string of the molecule is c1ccc(-c2c3c(n(-c4ccccc4)c2-c2ccccc2)N(c2ccccc2)c2cccc4c2B3c2ccccc2N4c2ccccc2)cc1. The molecule has 0 aliphatic carbocycles. The lowest BCUT2D eigenvalue weighted by molar-refractivity contribution is 1.05. The molecule has 7 aromatic carbocycles. The van der Waals surface area contributed by atoms with E-state index in [0.717, 1.165) is 22.9 Å². The third-order valence-corrected chi connectivity index (χ3v) is 10.2. The lowest BCUT2D eigenvalue weighted by Crippen LogP contribution is -2.61. The monoisotopic (exact) mass is 637 g/mol. The molecule has 4 heteroatoms. The number of fused-ring (bicyclic) bond motifs is 4. The van der Waals surface area contributed by atoms with Gasteiger partial charge >= 0.3 is 0 Å². The van der Waals surface area contributed by atoms with Crippen LogP contribution in [-0.4, -0.2) is 11.3 Å². The molecule has 0 radical (unpaired) electrons. The van der Waals surface area contributed by atoms with Crippen LogP contribution in [0, 0.1) is 0 Å². The molecule has 2 aliphatic heterocycles. The number of hydrogen-bond acceptors (Lipinski definition) is 2. The molecule has 8 aromatic rings. The summed E-state index contributed by atoms with van der Waals surface area (Å²) in [7, 11) is 0. The second-order valence-corrected chi connectivity index (χ2v) is 12.9. The van der Waals surface area contributed by atoms with E-state index in [2.05, 4.69) is 208 Å². The average Bonchev–Trinajstić information content (AvgIpc) is 3.55. The quantitative estimate of drug-likeness (QED) is 0.174. The summed E-state index contributed by atoms with van der Waals surface area (Å²) in [5, 5.41) is 0. The first-order valence-corrected chi connectivity index (χ1v) is 17.3. The highest BCUT2D eigenvalue weighted by Crippen LogP contribution is 2.49. The number of anilines is 6. The van der Waals surface area contributed by atoms with E-state index in [1.807, 2.05) is 0 Å². The number of benzene rings is 7. The molecule has 0 bridgehead atoms. The molecule has 0 fully saturated rings. The normalized spacial score (nSPS) is 12.7. The summed E-state index contributed by atoms with van der Waals surface area (Å²) in [5.74, 6) is 1.16. The molecule has 0 unspecified atom stereocenters. The van der Waals surface area contributed by atoms with Gasteiger partial charge in [0.2, 0.25) is 0 Å². The Morgan fingerprint density at radius 1 is 0.340 bits per heavy atom. The molecule has 1 aromatic heterocycles. The van der Waals surface area contributed by atoms with Crippen LogP contribution in [0.3, 0.4) is 0 Å². The number of rotatable bonds is 5. The van der Waals surface area contributed by atoms with Crippen LogP contribution in [-0.2, 0) is 0 Å². The maximum absolute atomic E-state index is 2.52. The Bertz CT molecular complexity index is 2480. The largest absolute Gasteiger partial charge is 0.311 e. The summed E-state index contributed by atoms with van der Waals surface area (Å²) in [6.07, 6.45) is 0. The van der Waals surface area contributed by atoms with Crippen LogP contribution in [0.5, 0.6) is 0 Å². The first-order valence-electron chi connectivity index (χ1n) is 17.3. The Balaban J connectivity index is 1.42. The van der Waals surface area contributed by atoms with Crippen LogP contribution in [0.25, 0.3) is 28.1 Å². The van der Waals surface area contributed by atoms with Gasteiger partial charge in [-0.25, -0.2) is 0 Å². The van der Waals surface area contributed by atoms with E-state index < -0.39 is 0 Å². The maximum atomic E-state index is 2.52. The van der Waals surface area contributed by atoms with E-state index in [-0.39, 0.29) is 6.71 Å². The third-order valence-electron chi connectivity index (χ3n) is 10.2. The van der Waals surface area contributed by atoms with Gasteiger partial charge in [-0.15, -0.1) is 0 Å². The van der Waals surface area contributed by atoms with Crippen molar-refractivity contribution in [1.29, 1.82) is 0 Å². The molecule has 3 heterocycles. The summed E-state index contributed by atoms with van der Waals surface area (Å²) >= 11 is 0. The number of para-hydroxylation sites is 4. The summed E-state index contributed by atoms with van der Waals surface area (Å²) in [4.78, 5) is 4.96. The van der Waals surface area contributed by atoms with E-state index in [9.17, 15) is 0 Å². The topological polar surface area (TPSA) is 11.4 Å². The van der Waals surface area contributed by atoms with E-state index in [1.165, 1.54) is 55.8 Å². The van der Waals surface area contributed by atoms with Crippen LogP contribution < -0.4 is 26.2 Å². The van der Waals surface area contributed by atoms with Crippen LogP contribution in [0.15, 0.2) is 194 Å². The minimum absolute atomic E-state index is 0.0186. The van der Waals surface area contributed by atoms with Gasteiger partial charge in [0.05, 0.1) is 5.69 Å². The van der Waals surface area contributed by atoms with Crippen molar-refractivity contribution in [3.63, 3.8) is 0 Å². The van der Waals surface area contributed by atoms with Crippen molar-refractivity contribution in [2.75, 3.05) is 9.80 Å². The summed E-state index contributed by atoms with van der Waals surface area (Å²) in [6, 6.07) is 70.3. The molecule has 0 N–H and O–H groups in total. The van der Waals surface area contributed by atoms with E-state index >= 15 is 0 Å². The smallest absolute Gasteiger partial charge is 0.255 e. The van der Waals surface area contributed by atoms with Gasteiger partial charge in [-0.3, -0.25) is 9.47 Å². The molecule has 0 saturated heterocycles. The average molecular weight is 638 g/mol. The maximum Gasteiger partial charge on any atom is 0.255 e. The highest BCUT2D eigenvalue weighted by Gasteiger charge is 2.47. The first kappa shape index (κ1) is 28.5. The fourth-order valence-corrected chi connectivity index (χ4v) is 8.22. The minimum Gasteiger partial charge on any atom is -0.311 e. The van der Waals surface area contributed by atoms with Crippen molar-refractivity contribution in [2.45, 2.75) is 0 Å². The van der Waals surface area contributed by atoms with Crippen molar-refractivity contribution in [1.82, 2.24) is 4.57 Å². The van der Waals surface area contributed by atoms with E-state index in [1.54, 1.807) is 0 Å². The van der Waals surface area contributed by atoms with Gasteiger partial charge < -0.3 is 4.90 Å². The van der Waals surface area contributed by atoms with Crippen molar-refractivity contribution in [2.24, 2.45) is 0 Å². The molecule has 10 rings (SSSR count). The van der Waals surface area contributed by atoms with Gasteiger partial charge in [-0.05, 0) is 82.1 Å². The van der Waals surface area contributed by atoms with E-state index in [0.29, 0.717) is 0 Å². The predicted molar refractivity (Wildman–Crippen MR) is 211 cm³/mol. The zero-order valence-electron chi connectivity index (χ0n) is 27.4. The molecule has 50 heavy (non-hydrogen) atoms. The van der Waals surface area contributed by atoms with Gasteiger partial charge in [-0.2, -0.15) is 0 Å². The fourth-order valence-electron chi connectivity index (χ4n) is 8.22. The molecule has 0 spiro atoms. The molecule has 0 amide bonds. The van der Waals surface area contributed by atoms with Gasteiger partial charge in [-0.1, -0.05) is 140 Å². The van der Waals surface area contributed by atoms with Crippen LogP contribution in [0.2, 0.25) is 0 Å². The molecule has 2 aliphatic rings. The molecule has 234 valence electrons. The Morgan fingerprint density at radius 2 is 0.800 bits per heavy atom. The summed E-state index contributed by atoms with van der Waals surface area (Å²) in [5.41, 5.74) is 15.7. The molecule has 0 saturated carbocycles. The Morgan fingerprint density at radius 3 is 1.42 bits per heavy atom. The molecular formula is C46H32BN3. The molecule has 3 nitrogen and oxygen atoms in total. The van der Waals surface area contributed by atoms with Crippen molar-refractivity contribution in [3.05, 3.63) is 194 Å². The fraction of sp³-hybridized carbons (Fsp3) is 0. The van der Waals surface area contributed by atoms with Crippen LogP contribution in [0.1, 0.15) is 0 Å². The Hall–Kier alpha value is -6.52. The number of aromatic nitrogens is 1. The highest BCUT2D eigenvalue weighted by molar-refractivity contribution is 7.01. The third kappa shape index (κ3) is 4.25. The van der Waals surface area contributed by atoms with Crippen molar-refractivity contribution >= 4 is 57.4 Å². The Kier molecular flexibility index (Phi) is 6.60. The van der Waals surface area contributed by atoms with Gasteiger partial charge in [0.1, 0.15) is 5.82 Å². The first-order chi connectivity index (χ1) is 24.9. The van der Waals surface area contributed by atoms with Crippen LogP contribution in [0.4, 0.5) is 34.3 Å². The standard InChI is InChI=1S/C46H32BN3/c1-6-19-33(20-7-1)42-44-46(50(37-27-14-5-15-28-37)45(42)34-21-8-2-9-22-34)49(36-25-12-4-13-26-36)41-32-18-31-40-43(41)47(44)38-29-16-17-30-39(38)48(40)35-23-10-3-11-24-35/h1-32H. The second-order valence-electron chi connectivity index (χ2n) is 12.9. The number of nitrogens with zero attached hydrogens (tertiary/aromatic N) is 3. The number of hydrogen-bond donors (Lipinski definition) is 0. The van der Waals surface area contributed by atoms with Crippen molar-refractivity contribution < 1.29 is 0 Å². The predicted octanol–water partition coefficient (Wildman–Crippen LogP) is 9.89. The lowest BCUT2D eigenvalue weighted by Gasteiger charge is -2.43. The van der Waals surface area contributed by atoms with Gasteiger partial charge in [0.25, 0.3) is 6.71 Å². The second kappa shape index (κ2) is 11.6. The minimum atomic E-state index is -0.0186. The molecule has 0 atom stereocenters. The summed E-state index contributed by atoms with van der Waals surface area (Å²) in [6.45, 7) is -0.0186. The van der Waals surface area contributed by atoms with E-state index in [4.69, 9.17) is 0 Å². The molecular weight excluding hydrogens is 605 g/mol. The van der Waals surface area contributed by atoms with Crippen LogP contribution >= 0.6 is 0 Å². The Labute approximate surface area is 293 Å². The van der Waals surface area contributed by atoms with Gasteiger partial charge in [0.15, 0.2) is 0 Å². The highest BCUT2D eigenvalue weighted by atomic mass is 15.3. The lowest BCUT2D eigenvalue weighted by atomic mass is 9.33. The van der Waals surface area contributed by atoms with Crippen molar-refractivity contribution in [3.8, 4) is 28.1 Å². The summed E-state index contributed by atoms with van der Waals surface area (Å²) < 4.78 is 2.52.